The third kappa shape index (κ3) is 7.10. The second-order valence-corrected chi connectivity index (χ2v) is 9.09. The Kier molecular flexibility index (Phi) is 9.66. The maximum absolute atomic E-state index is 11.1. The third-order valence-corrected chi connectivity index (χ3v) is 6.26. The van der Waals surface area contributed by atoms with Gasteiger partial charge in [-0.3, -0.25) is 4.79 Å². The lowest BCUT2D eigenvalue weighted by molar-refractivity contribution is -0.316. The van der Waals surface area contributed by atoms with Crippen LogP contribution < -0.4 is 0 Å². The second-order valence-electron chi connectivity index (χ2n) is 9.09. The topological polar surface area (TPSA) is 126 Å². The molecule has 0 radical (unpaired) electrons. The highest BCUT2D eigenvalue weighted by Crippen LogP contribution is 2.33. The minimum Gasteiger partial charge on any atom is -0.463 e. The molecule has 8 heteroatoms. The summed E-state index contributed by atoms with van der Waals surface area (Å²) < 4.78 is 16.8. The summed E-state index contributed by atoms with van der Waals surface area (Å²) in [6.45, 7) is 11.2. The zero-order chi connectivity index (χ0) is 23.3. The summed E-state index contributed by atoms with van der Waals surface area (Å²) in [5.74, 6) is -0.267. The first-order chi connectivity index (χ1) is 14.5. The van der Waals surface area contributed by atoms with E-state index in [0.717, 1.165) is 11.1 Å². The van der Waals surface area contributed by atoms with Crippen molar-refractivity contribution < 1.29 is 39.4 Å². The van der Waals surface area contributed by atoms with Gasteiger partial charge in [0.1, 0.15) is 31.0 Å². The molecule has 8 nitrogen and oxygen atoms in total. The number of hydrogen-bond donors (Lipinski definition) is 4. The average Bonchev–Trinajstić information content (AvgIpc) is 2.70. The van der Waals surface area contributed by atoms with Crippen molar-refractivity contribution in [2.45, 2.75) is 96.3 Å². The van der Waals surface area contributed by atoms with Gasteiger partial charge in [-0.2, -0.15) is 0 Å². The SMILES string of the molecule is C=C1CCC(O)/C(C)=C\CC(C(C)C)C(OC2OC(COC(C)=O)C(O)C(O)C2O)C1. The number of carbonyl (C=O) groups is 1. The van der Waals surface area contributed by atoms with Crippen LogP contribution in [-0.2, 0) is 19.0 Å². The summed E-state index contributed by atoms with van der Waals surface area (Å²) >= 11 is 0. The standard InChI is InChI=1S/C23H38O8/c1-12(2)16-8-7-14(4)17(25)9-6-13(3)10-18(16)30-23-22(28)21(27)20(26)19(31-23)11-29-15(5)24/h7,12,16-23,25-28H,3,6,8-11H2,1-2,4-5H3/b14-7-. The highest BCUT2D eigenvalue weighted by Gasteiger charge is 2.46. The molecule has 8 atom stereocenters. The van der Waals surface area contributed by atoms with Gasteiger partial charge < -0.3 is 34.6 Å². The average molecular weight is 443 g/mol. The van der Waals surface area contributed by atoms with Crippen molar-refractivity contribution in [2.24, 2.45) is 11.8 Å². The van der Waals surface area contributed by atoms with Crippen molar-refractivity contribution in [1.82, 2.24) is 0 Å². The molecule has 1 saturated heterocycles. The van der Waals surface area contributed by atoms with E-state index in [1.807, 2.05) is 13.0 Å². The Balaban J connectivity index is 2.23. The monoisotopic (exact) mass is 442 g/mol. The summed E-state index contributed by atoms with van der Waals surface area (Å²) in [4.78, 5) is 11.1. The van der Waals surface area contributed by atoms with Crippen LogP contribution in [-0.4, -0.2) is 75.9 Å². The maximum Gasteiger partial charge on any atom is 0.302 e. The zero-order valence-corrected chi connectivity index (χ0v) is 18.9. The lowest BCUT2D eigenvalue weighted by Gasteiger charge is -2.42. The molecule has 1 fully saturated rings. The first-order valence-corrected chi connectivity index (χ1v) is 11.0. The lowest BCUT2D eigenvalue weighted by Crippen LogP contribution is -2.60. The maximum atomic E-state index is 11.1. The molecule has 2 rings (SSSR count). The smallest absolute Gasteiger partial charge is 0.302 e. The Morgan fingerprint density at radius 1 is 1.23 bits per heavy atom. The number of rotatable bonds is 5. The van der Waals surface area contributed by atoms with Crippen molar-refractivity contribution in [3.05, 3.63) is 23.8 Å². The highest BCUT2D eigenvalue weighted by atomic mass is 16.7. The molecule has 1 heterocycles. The van der Waals surface area contributed by atoms with E-state index in [-0.39, 0.29) is 24.5 Å². The molecule has 2 aliphatic rings. The van der Waals surface area contributed by atoms with Gasteiger partial charge in [-0.25, -0.2) is 0 Å². The van der Waals surface area contributed by atoms with E-state index in [9.17, 15) is 25.2 Å². The van der Waals surface area contributed by atoms with Crippen LogP contribution in [0.2, 0.25) is 0 Å². The fourth-order valence-corrected chi connectivity index (χ4v) is 4.11. The van der Waals surface area contributed by atoms with Crippen molar-refractivity contribution in [2.75, 3.05) is 6.61 Å². The lowest BCUT2D eigenvalue weighted by atomic mass is 9.82. The molecule has 0 aromatic rings. The van der Waals surface area contributed by atoms with Crippen molar-refractivity contribution in [1.29, 1.82) is 0 Å². The number of aliphatic hydroxyl groups excluding tert-OH is 4. The van der Waals surface area contributed by atoms with Crippen molar-refractivity contribution in [3.8, 4) is 0 Å². The van der Waals surface area contributed by atoms with Crippen LogP contribution in [0.5, 0.6) is 0 Å². The van der Waals surface area contributed by atoms with Crippen LogP contribution in [0.25, 0.3) is 0 Å². The van der Waals surface area contributed by atoms with Gasteiger partial charge in [0.2, 0.25) is 0 Å². The summed E-state index contributed by atoms with van der Waals surface area (Å²) in [6.07, 6.45) is -3.02. The first-order valence-electron chi connectivity index (χ1n) is 11.0. The predicted molar refractivity (Wildman–Crippen MR) is 114 cm³/mol. The molecule has 31 heavy (non-hydrogen) atoms. The predicted octanol–water partition coefficient (Wildman–Crippen LogP) is 1.45. The van der Waals surface area contributed by atoms with Gasteiger partial charge in [0.05, 0.1) is 12.2 Å². The van der Waals surface area contributed by atoms with Gasteiger partial charge in [0.15, 0.2) is 6.29 Å². The van der Waals surface area contributed by atoms with E-state index in [4.69, 9.17) is 14.2 Å². The zero-order valence-electron chi connectivity index (χ0n) is 18.9. The molecular weight excluding hydrogens is 404 g/mol. The normalized spacial score (nSPS) is 39.6. The molecule has 0 aromatic carbocycles. The van der Waals surface area contributed by atoms with Gasteiger partial charge in [-0.05, 0) is 50.0 Å². The van der Waals surface area contributed by atoms with Crippen LogP contribution in [0.3, 0.4) is 0 Å². The fraction of sp³-hybridized carbons (Fsp3) is 0.783. The quantitative estimate of drug-likeness (QED) is 0.372. The number of aliphatic hydroxyl groups is 4. The number of hydrogen-bond acceptors (Lipinski definition) is 8. The molecule has 1 aliphatic carbocycles. The summed E-state index contributed by atoms with van der Waals surface area (Å²) in [5.41, 5.74) is 1.83. The molecule has 0 saturated carbocycles. The van der Waals surface area contributed by atoms with Crippen LogP contribution in [0.1, 0.15) is 53.4 Å². The first kappa shape index (κ1) is 26.0. The van der Waals surface area contributed by atoms with E-state index in [1.54, 1.807) is 0 Å². The van der Waals surface area contributed by atoms with Crippen molar-refractivity contribution >= 4 is 5.97 Å². The summed E-state index contributed by atoms with van der Waals surface area (Å²) in [7, 11) is 0. The summed E-state index contributed by atoms with van der Waals surface area (Å²) in [5, 5.41) is 41.3. The summed E-state index contributed by atoms with van der Waals surface area (Å²) in [6, 6.07) is 0. The third-order valence-electron chi connectivity index (χ3n) is 6.26. The fourth-order valence-electron chi connectivity index (χ4n) is 4.11. The minimum absolute atomic E-state index is 0.0451. The van der Waals surface area contributed by atoms with E-state index in [0.29, 0.717) is 25.7 Å². The Morgan fingerprint density at radius 2 is 1.90 bits per heavy atom. The largest absolute Gasteiger partial charge is 0.463 e. The second kappa shape index (κ2) is 11.5. The van der Waals surface area contributed by atoms with Gasteiger partial charge in [-0.1, -0.05) is 32.1 Å². The molecule has 0 spiro atoms. The Hall–Kier alpha value is -1.29. The molecular formula is C23H38O8. The van der Waals surface area contributed by atoms with E-state index >= 15 is 0 Å². The van der Waals surface area contributed by atoms with Crippen LogP contribution >= 0.6 is 0 Å². The molecule has 0 amide bonds. The Morgan fingerprint density at radius 3 is 2.52 bits per heavy atom. The van der Waals surface area contributed by atoms with Gasteiger partial charge in [-0.15, -0.1) is 0 Å². The molecule has 8 unspecified atom stereocenters. The van der Waals surface area contributed by atoms with E-state index < -0.39 is 42.8 Å². The Bertz CT molecular complexity index is 645. The molecule has 1 aliphatic heterocycles. The molecule has 178 valence electrons. The number of ether oxygens (including phenoxy) is 3. The Labute approximate surface area is 184 Å². The molecule has 4 N–H and O–H groups in total. The van der Waals surface area contributed by atoms with Gasteiger partial charge >= 0.3 is 5.97 Å². The number of esters is 1. The van der Waals surface area contributed by atoms with Crippen molar-refractivity contribution in [3.63, 3.8) is 0 Å². The van der Waals surface area contributed by atoms with Crippen LogP contribution in [0, 0.1) is 11.8 Å². The van der Waals surface area contributed by atoms with E-state index in [1.165, 1.54) is 6.92 Å². The van der Waals surface area contributed by atoms with Crippen LogP contribution in [0.4, 0.5) is 0 Å². The molecule has 0 bridgehead atoms. The van der Waals surface area contributed by atoms with Gasteiger partial charge in [0, 0.05) is 6.92 Å². The molecule has 0 aromatic heterocycles. The number of carbonyl (C=O) groups excluding carboxylic acids is 1. The van der Waals surface area contributed by atoms with E-state index in [2.05, 4.69) is 20.4 Å². The minimum atomic E-state index is -1.50. The van der Waals surface area contributed by atoms with Gasteiger partial charge in [0.25, 0.3) is 0 Å². The number of allylic oxidation sites excluding steroid dienone is 1. The highest BCUT2D eigenvalue weighted by molar-refractivity contribution is 5.65. The van der Waals surface area contributed by atoms with Crippen LogP contribution in [0.15, 0.2) is 23.8 Å².